The monoisotopic (exact) mass is 308 g/mol. The first-order chi connectivity index (χ1) is 10.0. The van der Waals surface area contributed by atoms with Crippen LogP contribution in [0.2, 0.25) is 0 Å². The molecule has 2 nitrogen and oxygen atoms in total. The highest BCUT2D eigenvalue weighted by Crippen LogP contribution is 2.26. The lowest BCUT2D eigenvalue weighted by molar-refractivity contribution is 0.243. The highest BCUT2D eigenvalue weighted by atomic mass is 15.0. The van der Waals surface area contributed by atoms with E-state index >= 15 is 0 Å². The smallest absolute Gasteiger partial charge is 0.0137 e. The minimum Gasteiger partial charge on any atom is -0.312 e. The third-order valence-electron chi connectivity index (χ3n) is 3.56. The molecule has 0 bridgehead atoms. The minimum atomic E-state index is 0.204. The van der Waals surface area contributed by atoms with Gasteiger partial charge in [0, 0.05) is 25.2 Å². The number of hydrogen-bond donors (Lipinski definition) is 2. The van der Waals surface area contributed by atoms with Crippen molar-refractivity contribution in [3.05, 3.63) is 23.3 Å². The summed E-state index contributed by atoms with van der Waals surface area (Å²) in [5.74, 6) is 0. The van der Waals surface area contributed by atoms with E-state index < -0.39 is 0 Å². The molecule has 0 aromatic rings. The Labute approximate surface area is 139 Å². The molecule has 0 aromatic heterocycles. The number of rotatable bonds is 10. The van der Waals surface area contributed by atoms with Gasteiger partial charge in [0.05, 0.1) is 0 Å². The van der Waals surface area contributed by atoms with Gasteiger partial charge in [-0.2, -0.15) is 0 Å². The van der Waals surface area contributed by atoms with E-state index in [0.29, 0.717) is 5.41 Å². The van der Waals surface area contributed by atoms with Crippen LogP contribution in [0.5, 0.6) is 0 Å². The summed E-state index contributed by atoms with van der Waals surface area (Å²) in [6.45, 7) is 21.1. The van der Waals surface area contributed by atoms with Gasteiger partial charge in [0.15, 0.2) is 0 Å². The molecule has 0 radical (unpaired) electrons. The first kappa shape index (κ1) is 21.4. The van der Waals surface area contributed by atoms with Crippen molar-refractivity contribution in [3.63, 3.8) is 0 Å². The molecule has 0 aliphatic rings. The van der Waals surface area contributed by atoms with E-state index in [-0.39, 0.29) is 5.54 Å². The van der Waals surface area contributed by atoms with Crippen molar-refractivity contribution in [3.8, 4) is 0 Å². The average molecular weight is 309 g/mol. The Morgan fingerprint density at radius 2 is 1.55 bits per heavy atom. The van der Waals surface area contributed by atoms with Crippen LogP contribution in [-0.2, 0) is 0 Å². The van der Waals surface area contributed by atoms with E-state index in [1.165, 1.54) is 24.0 Å². The Kier molecular flexibility index (Phi) is 9.95. The van der Waals surface area contributed by atoms with Crippen molar-refractivity contribution in [2.75, 3.05) is 19.6 Å². The van der Waals surface area contributed by atoms with Gasteiger partial charge in [-0.25, -0.2) is 0 Å². The van der Waals surface area contributed by atoms with Crippen molar-refractivity contribution in [2.45, 2.75) is 80.2 Å². The minimum absolute atomic E-state index is 0.204. The molecule has 0 heterocycles. The van der Waals surface area contributed by atoms with E-state index in [1.54, 1.807) is 0 Å². The lowest BCUT2D eigenvalue weighted by atomic mass is 9.82. The molecule has 0 saturated heterocycles. The number of hydrogen-bond acceptors (Lipinski definition) is 2. The first-order valence-corrected chi connectivity index (χ1v) is 8.77. The summed E-state index contributed by atoms with van der Waals surface area (Å²) in [4.78, 5) is 0. The van der Waals surface area contributed by atoms with Crippen LogP contribution < -0.4 is 10.6 Å². The zero-order valence-corrected chi connectivity index (χ0v) is 16.4. The van der Waals surface area contributed by atoms with E-state index in [2.05, 4.69) is 78.2 Å². The lowest BCUT2D eigenvalue weighted by Crippen LogP contribution is -2.45. The Morgan fingerprint density at radius 1 is 0.909 bits per heavy atom. The molecular weight excluding hydrogens is 268 g/mol. The van der Waals surface area contributed by atoms with Crippen molar-refractivity contribution in [1.82, 2.24) is 10.6 Å². The van der Waals surface area contributed by atoms with E-state index in [4.69, 9.17) is 0 Å². The van der Waals surface area contributed by atoms with E-state index in [0.717, 1.165) is 26.1 Å². The lowest BCUT2D eigenvalue weighted by Gasteiger charge is -2.33. The van der Waals surface area contributed by atoms with Crippen molar-refractivity contribution >= 4 is 0 Å². The van der Waals surface area contributed by atoms with Gasteiger partial charge >= 0.3 is 0 Å². The van der Waals surface area contributed by atoms with Crippen LogP contribution in [0.25, 0.3) is 0 Å². The SMILES string of the molecule is CC(C)=CCC/C(C)=C/CNCCNC(C)(C)CC(C)(C)C. The van der Waals surface area contributed by atoms with Gasteiger partial charge < -0.3 is 10.6 Å². The second-order valence-electron chi connectivity index (χ2n) is 8.62. The molecule has 0 atom stereocenters. The standard InChI is InChI=1S/C20H40N2/c1-17(2)10-9-11-18(3)12-13-21-14-15-22-20(7,8)16-19(4,5)6/h10,12,21-22H,9,11,13-16H2,1-8H3/b18-12+. The second kappa shape index (κ2) is 10.2. The van der Waals surface area contributed by atoms with Crippen LogP contribution in [0.15, 0.2) is 23.3 Å². The van der Waals surface area contributed by atoms with Crippen LogP contribution in [0.3, 0.4) is 0 Å². The first-order valence-electron chi connectivity index (χ1n) is 8.77. The molecule has 2 N–H and O–H groups in total. The third kappa shape index (κ3) is 14.3. The van der Waals surface area contributed by atoms with Crippen LogP contribution in [-0.4, -0.2) is 25.2 Å². The number of nitrogens with one attached hydrogen (secondary N) is 2. The fraction of sp³-hybridized carbons (Fsp3) is 0.800. The molecule has 0 amide bonds. The Balaban J connectivity index is 3.78. The topological polar surface area (TPSA) is 24.1 Å². The Bertz CT molecular complexity index is 352. The Hall–Kier alpha value is -0.600. The molecule has 130 valence electrons. The van der Waals surface area contributed by atoms with Crippen LogP contribution in [0.1, 0.15) is 74.7 Å². The maximum Gasteiger partial charge on any atom is 0.0137 e. The van der Waals surface area contributed by atoms with Gasteiger partial charge in [0.25, 0.3) is 0 Å². The highest BCUT2D eigenvalue weighted by Gasteiger charge is 2.24. The summed E-state index contributed by atoms with van der Waals surface area (Å²) >= 11 is 0. The molecule has 0 aromatic carbocycles. The van der Waals surface area contributed by atoms with Gasteiger partial charge in [-0.1, -0.05) is 44.1 Å². The molecule has 0 fully saturated rings. The van der Waals surface area contributed by atoms with Crippen molar-refractivity contribution in [1.29, 1.82) is 0 Å². The molecular formula is C20H40N2. The fourth-order valence-electron chi connectivity index (χ4n) is 2.92. The molecule has 22 heavy (non-hydrogen) atoms. The van der Waals surface area contributed by atoms with Crippen molar-refractivity contribution < 1.29 is 0 Å². The van der Waals surface area contributed by atoms with Gasteiger partial charge in [0.1, 0.15) is 0 Å². The van der Waals surface area contributed by atoms with Gasteiger partial charge in [-0.05, 0) is 59.3 Å². The maximum absolute atomic E-state index is 3.66. The summed E-state index contributed by atoms with van der Waals surface area (Å²) in [6.07, 6.45) is 8.14. The summed E-state index contributed by atoms with van der Waals surface area (Å²) in [5.41, 5.74) is 3.46. The molecule has 0 unspecified atom stereocenters. The summed E-state index contributed by atoms with van der Waals surface area (Å²) in [7, 11) is 0. The van der Waals surface area contributed by atoms with Gasteiger partial charge in [-0.3, -0.25) is 0 Å². The Morgan fingerprint density at radius 3 is 2.09 bits per heavy atom. The fourth-order valence-corrected chi connectivity index (χ4v) is 2.92. The van der Waals surface area contributed by atoms with Crippen LogP contribution in [0, 0.1) is 5.41 Å². The molecule has 0 aliphatic heterocycles. The van der Waals surface area contributed by atoms with Crippen molar-refractivity contribution in [2.24, 2.45) is 5.41 Å². The van der Waals surface area contributed by atoms with Crippen LogP contribution in [0.4, 0.5) is 0 Å². The molecule has 0 aliphatic carbocycles. The second-order valence-corrected chi connectivity index (χ2v) is 8.62. The summed E-state index contributed by atoms with van der Waals surface area (Å²) in [6, 6.07) is 0. The zero-order valence-electron chi connectivity index (χ0n) is 16.4. The average Bonchev–Trinajstić information content (AvgIpc) is 2.29. The highest BCUT2D eigenvalue weighted by molar-refractivity contribution is 5.02. The largest absolute Gasteiger partial charge is 0.312 e. The predicted octanol–water partition coefficient (Wildman–Crippen LogP) is 5.07. The summed E-state index contributed by atoms with van der Waals surface area (Å²) in [5, 5.41) is 7.16. The molecule has 2 heteroatoms. The maximum atomic E-state index is 3.66. The quantitative estimate of drug-likeness (QED) is 0.435. The van der Waals surface area contributed by atoms with Crippen LogP contribution >= 0.6 is 0 Å². The predicted molar refractivity (Wildman–Crippen MR) is 101 cm³/mol. The molecule has 0 rings (SSSR count). The summed E-state index contributed by atoms with van der Waals surface area (Å²) < 4.78 is 0. The van der Waals surface area contributed by atoms with E-state index in [1.807, 2.05) is 0 Å². The molecule has 0 spiro atoms. The molecule has 0 saturated carbocycles. The third-order valence-corrected chi connectivity index (χ3v) is 3.56. The normalized spacial score (nSPS) is 13.4. The van der Waals surface area contributed by atoms with Gasteiger partial charge in [-0.15, -0.1) is 0 Å². The van der Waals surface area contributed by atoms with Gasteiger partial charge in [0.2, 0.25) is 0 Å². The zero-order chi connectivity index (χ0) is 17.2. The van der Waals surface area contributed by atoms with E-state index in [9.17, 15) is 0 Å². The number of allylic oxidation sites excluding steroid dienone is 3.